The third-order valence-corrected chi connectivity index (χ3v) is 16.0. The number of hydrogen-bond donors (Lipinski definition) is 2. The van der Waals surface area contributed by atoms with E-state index in [2.05, 4.69) is 32.1 Å². The molecule has 358 valence electrons. The zero-order chi connectivity index (χ0) is 47.3. The first-order valence-electron chi connectivity index (χ1n) is 21.8. The maximum absolute atomic E-state index is 14.2. The number of allylic oxidation sites excluding steroid dienone is 1. The highest BCUT2D eigenvalue weighted by Crippen LogP contribution is 2.37. The largest absolute Gasteiger partial charge is 0.501 e. The molecule has 12 nitrogen and oxygen atoms in total. The summed E-state index contributed by atoms with van der Waals surface area (Å²) < 4.78 is 109. The van der Waals surface area contributed by atoms with Gasteiger partial charge in [-0.2, -0.15) is 13.2 Å². The molecule has 0 unspecified atom stereocenters. The SMILES string of the molecule is COCCN(CCOC)CC[C@H](CSc1ccccc1)Nc1ccc(S(=O)(=O)NC(=O)c2ccc(N3CCN(CC4=C(c5ccc(Cl)cc5)CCCC4)CC3)cc2)cc1S(=O)(=O)C(F)(F)F. The summed E-state index contributed by atoms with van der Waals surface area (Å²) in [5.74, 6) is -0.704. The molecule has 0 aromatic heterocycles. The fourth-order valence-electron chi connectivity index (χ4n) is 8.02. The van der Waals surface area contributed by atoms with Crippen molar-refractivity contribution in [2.24, 2.45) is 0 Å². The van der Waals surface area contributed by atoms with Crippen molar-refractivity contribution in [2.75, 3.05) is 95.8 Å². The number of amides is 1. The topological polar surface area (TPSA) is 138 Å². The lowest BCUT2D eigenvalue weighted by Crippen LogP contribution is -2.47. The van der Waals surface area contributed by atoms with Crippen LogP contribution in [0.1, 0.15) is 48.0 Å². The Labute approximate surface area is 395 Å². The van der Waals surface area contributed by atoms with Crippen molar-refractivity contribution in [2.45, 2.75) is 58.3 Å². The zero-order valence-corrected chi connectivity index (χ0v) is 40.3. The predicted molar refractivity (Wildman–Crippen MR) is 256 cm³/mol. The first-order chi connectivity index (χ1) is 31.6. The van der Waals surface area contributed by atoms with Crippen LogP contribution in [0, 0.1) is 0 Å². The number of nitrogens with zero attached hydrogens (tertiary/aromatic N) is 3. The number of thioether (sulfide) groups is 1. The van der Waals surface area contributed by atoms with Gasteiger partial charge >= 0.3 is 5.51 Å². The van der Waals surface area contributed by atoms with Gasteiger partial charge in [-0.25, -0.2) is 21.6 Å². The Bertz CT molecular complexity index is 2470. The maximum Gasteiger partial charge on any atom is 0.501 e. The fraction of sp³-hybridized carbons (Fsp3) is 0.426. The van der Waals surface area contributed by atoms with Gasteiger partial charge in [-0.05, 0) is 110 Å². The average molecular weight is 993 g/mol. The number of alkyl halides is 3. The second-order valence-electron chi connectivity index (χ2n) is 16.2. The quantitative estimate of drug-likeness (QED) is 0.0732. The minimum Gasteiger partial charge on any atom is -0.383 e. The van der Waals surface area contributed by atoms with E-state index in [0.29, 0.717) is 56.1 Å². The van der Waals surface area contributed by atoms with Crippen molar-refractivity contribution < 1.29 is 44.3 Å². The Morgan fingerprint density at radius 3 is 2.12 bits per heavy atom. The number of nitrogens with one attached hydrogen (secondary N) is 2. The summed E-state index contributed by atoms with van der Waals surface area (Å²) in [6.07, 6.45) is 4.81. The van der Waals surface area contributed by atoms with Gasteiger partial charge in [0.15, 0.2) is 0 Å². The van der Waals surface area contributed by atoms with Crippen molar-refractivity contribution in [1.29, 1.82) is 0 Å². The van der Waals surface area contributed by atoms with E-state index in [0.717, 1.165) is 74.7 Å². The van der Waals surface area contributed by atoms with E-state index in [-0.39, 0.29) is 5.56 Å². The van der Waals surface area contributed by atoms with Gasteiger partial charge < -0.3 is 19.7 Å². The molecule has 1 aliphatic carbocycles. The third kappa shape index (κ3) is 14.0. The first kappa shape index (κ1) is 51.3. The van der Waals surface area contributed by atoms with Crippen molar-refractivity contribution in [1.82, 2.24) is 14.5 Å². The summed E-state index contributed by atoms with van der Waals surface area (Å²) in [7, 11) is -7.80. The van der Waals surface area contributed by atoms with Crippen LogP contribution in [0.2, 0.25) is 5.02 Å². The van der Waals surface area contributed by atoms with Gasteiger partial charge in [0.05, 0.1) is 23.8 Å². The highest BCUT2D eigenvalue weighted by atomic mass is 35.5. The number of benzene rings is 4. The molecule has 0 bridgehead atoms. The molecule has 66 heavy (non-hydrogen) atoms. The molecule has 2 N–H and O–H groups in total. The van der Waals surface area contributed by atoms with E-state index in [1.807, 2.05) is 47.2 Å². The summed E-state index contributed by atoms with van der Waals surface area (Å²) in [5.41, 5.74) is -1.27. The lowest BCUT2D eigenvalue weighted by molar-refractivity contribution is -0.0435. The number of piperazine rings is 1. The molecule has 4 aromatic rings. The highest BCUT2D eigenvalue weighted by molar-refractivity contribution is 7.99. The van der Waals surface area contributed by atoms with Gasteiger partial charge in [-0.3, -0.25) is 14.6 Å². The second kappa shape index (κ2) is 23.7. The van der Waals surface area contributed by atoms with Crippen LogP contribution in [0.4, 0.5) is 24.5 Å². The number of sulfonamides is 1. The van der Waals surface area contributed by atoms with Gasteiger partial charge in [0.1, 0.15) is 4.90 Å². The summed E-state index contributed by atoms with van der Waals surface area (Å²) in [4.78, 5) is 18.8. The number of carbonyl (C=O) groups is 1. The van der Waals surface area contributed by atoms with E-state index < -0.39 is 52.8 Å². The van der Waals surface area contributed by atoms with Gasteiger partial charge in [0.2, 0.25) is 0 Å². The molecular weight excluding hydrogens is 935 g/mol. The molecular formula is C47H57ClF3N5O7S3. The summed E-state index contributed by atoms with van der Waals surface area (Å²) >= 11 is 7.57. The molecule has 2 aliphatic rings. The third-order valence-electron chi connectivity index (χ3n) is 11.7. The van der Waals surface area contributed by atoms with E-state index >= 15 is 0 Å². The second-order valence-corrected chi connectivity index (χ2v) is 21.4. The van der Waals surface area contributed by atoms with E-state index in [9.17, 15) is 34.8 Å². The first-order valence-corrected chi connectivity index (χ1v) is 26.1. The van der Waals surface area contributed by atoms with Gasteiger partial charge in [-0.15, -0.1) is 11.8 Å². The number of carbonyl (C=O) groups excluding carboxylic acids is 1. The smallest absolute Gasteiger partial charge is 0.383 e. The molecule has 0 radical (unpaired) electrons. The minimum atomic E-state index is -6.08. The van der Waals surface area contributed by atoms with Gasteiger partial charge in [0.25, 0.3) is 25.8 Å². The van der Waals surface area contributed by atoms with Crippen LogP contribution in [-0.2, 0) is 29.3 Å². The van der Waals surface area contributed by atoms with Crippen LogP contribution in [-0.4, -0.2) is 130 Å². The summed E-state index contributed by atoms with van der Waals surface area (Å²) in [6.45, 7) is 6.45. The van der Waals surface area contributed by atoms with E-state index in [4.69, 9.17) is 21.1 Å². The number of anilines is 2. The van der Waals surface area contributed by atoms with E-state index in [1.165, 1.54) is 47.0 Å². The lowest BCUT2D eigenvalue weighted by atomic mass is 9.87. The van der Waals surface area contributed by atoms with Gasteiger partial charge in [0, 0.05) is 99.5 Å². The molecule has 1 heterocycles. The standard InChI is InChI=1S/C47H57ClF3N5O7S3/c1-62-30-28-54(29-31-63-2)23-22-39(34-64-41-9-4-3-5-10-41)52-44-21-20-42(32-45(44)65(58,59)47(49,50)51)66(60,61)53-46(57)36-14-18-40(19-15-36)56-26-24-55(25-27-56)33-37-8-6-7-11-43(37)35-12-16-38(48)17-13-35/h3-5,9-10,12-21,32,39,52H,6-8,11,22-31,33-34H2,1-2H3,(H,53,57)/t39-/m1/s1. The van der Waals surface area contributed by atoms with E-state index in [1.54, 1.807) is 26.4 Å². The Balaban J connectivity index is 1.14. The molecule has 1 atom stereocenters. The zero-order valence-electron chi connectivity index (χ0n) is 37.1. The van der Waals surface area contributed by atoms with Crippen LogP contribution < -0.4 is 14.9 Å². The molecule has 1 aliphatic heterocycles. The lowest BCUT2D eigenvalue weighted by Gasteiger charge is -2.37. The van der Waals surface area contributed by atoms with Crippen molar-refractivity contribution >= 4 is 66.1 Å². The Kier molecular flexibility index (Phi) is 18.4. The number of rotatable bonds is 22. The predicted octanol–water partition coefficient (Wildman–Crippen LogP) is 8.46. The average Bonchev–Trinajstić information content (AvgIpc) is 3.31. The van der Waals surface area contributed by atoms with Crippen LogP contribution >= 0.6 is 23.4 Å². The van der Waals surface area contributed by atoms with Crippen LogP contribution in [0.25, 0.3) is 5.57 Å². The Morgan fingerprint density at radius 1 is 0.833 bits per heavy atom. The molecule has 1 saturated heterocycles. The summed E-state index contributed by atoms with van der Waals surface area (Å²) in [5, 5.41) is 3.70. The Hall–Kier alpha value is -4.14. The van der Waals surface area contributed by atoms with Crippen LogP contribution in [0.15, 0.2) is 117 Å². The molecule has 19 heteroatoms. The number of sulfone groups is 1. The molecule has 1 amide bonds. The number of ether oxygens (including phenoxy) is 2. The van der Waals surface area contributed by atoms with Gasteiger partial charge in [-0.1, -0.05) is 47.5 Å². The monoisotopic (exact) mass is 991 g/mol. The molecule has 4 aromatic carbocycles. The fourth-order valence-corrected chi connectivity index (χ4v) is 11.2. The van der Waals surface area contributed by atoms with Crippen LogP contribution in [0.5, 0.6) is 0 Å². The molecule has 0 saturated carbocycles. The number of halogens is 4. The minimum absolute atomic E-state index is 0.00912. The Morgan fingerprint density at radius 2 is 1.48 bits per heavy atom. The van der Waals surface area contributed by atoms with Crippen molar-refractivity contribution in [3.8, 4) is 0 Å². The molecule has 1 fully saturated rings. The number of methoxy groups -OCH3 is 2. The summed E-state index contributed by atoms with van der Waals surface area (Å²) in [6, 6.07) is 25.6. The maximum atomic E-state index is 14.2. The molecule has 6 rings (SSSR count). The highest BCUT2D eigenvalue weighted by Gasteiger charge is 2.48. The van der Waals surface area contributed by atoms with Crippen molar-refractivity contribution in [3.05, 3.63) is 119 Å². The van der Waals surface area contributed by atoms with Crippen LogP contribution in [0.3, 0.4) is 0 Å². The van der Waals surface area contributed by atoms with Crippen molar-refractivity contribution in [3.63, 3.8) is 0 Å². The number of hydrogen-bond acceptors (Lipinski definition) is 12. The molecule has 0 spiro atoms. The normalized spacial score (nSPS) is 15.8.